The highest BCUT2D eigenvalue weighted by Gasteiger charge is 2.16. The molecule has 86 valence electrons. The Balaban J connectivity index is 2.14. The van der Waals surface area contributed by atoms with Gasteiger partial charge in [-0.15, -0.1) is 22.7 Å². The molecule has 0 saturated carbocycles. The molecule has 0 aliphatic rings. The van der Waals surface area contributed by atoms with Crippen molar-refractivity contribution in [2.45, 2.75) is 26.4 Å². The fourth-order valence-corrected chi connectivity index (χ4v) is 3.64. The van der Waals surface area contributed by atoms with E-state index < -0.39 is 6.10 Å². The summed E-state index contributed by atoms with van der Waals surface area (Å²) in [4.78, 5) is 6.37. The van der Waals surface area contributed by atoms with Crippen molar-refractivity contribution in [3.8, 4) is 0 Å². The quantitative estimate of drug-likeness (QED) is 0.924. The lowest BCUT2D eigenvalue weighted by Crippen LogP contribution is -1.99. The molecule has 2 heterocycles. The molecule has 0 bridgehead atoms. The van der Waals surface area contributed by atoms with Crippen molar-refractivity contribution >= 4 is 34.3 Å². The molecule has 16 heavy (non-hydrogen) atoms. The molecule has 1 N–H and O–H groups in total. The zero-order chi connectivity index (χ0) is 11.7. The Kier molecular flexibility index (Phi) is 3.64. The van der Waals surface area contributed by atoms with E-state index in [0.29, 0.717) is 6.42 Å². The van der Waals surface area contributed by atoms with E-state index in [0.717, 1.165) is 24.8 Å². The van der Waals surface area contributed by atoms with Gasteiger partial charge in [-0.1, -0.05) is 11.6 Å². The second-order valence-corrected chi connectivity index (χ2v) is 6.64. The molecule has 2 nitrogen and oxygen atoms in total. The van der Waals surface area contributed by atoms with Gasteiger partial charge in [-0.2, -0.15) is 0 Å². The topological polar surface area (TPSA) is 33.1 Å². The number of aliphatic hydroxyl groups is 1. The molecule has 2 aromatic heterocycles. The molecule has 2 rings (SSSR count). The minimum atomic E-state index is -0.471. The van der Waals surface area contributed by atoms with Crippen LogP contribution in [0.1, 0.15) is 26.6 Å². The smallest absolute Gasteiger partial charge is 0.0948 e. The van der Waals surface area contributed by atoms with E-state index in [1.54, 1.807) is 11.3 Å². The van der Waals surface area contributed by atoms with Gasteiger partial charge in [0.2, 0.25) is 0 Å². The Labute approximate surface area is 108 Å². The Bertz CT molecular complexity index is 492. The molecule has 0 saturated heterocycles. The number of aromatic nitrogens is 1. The lowest BCUT2D eigenvalue weighted by atomic mass is 10.2. The van der Waals surface area contributed by atoms with Gasteiger partial charge < -0.3 is 5.11 Å². The first-order valence-electron chi connectivity index (χ1n) is 4.92. The van der Waals surface area contributed by atoms with Gasteiger partial charge in [0.15, 0.2) is 0 Å². The van der Waals surface area contributed by atoms with Gasteiger partial charge in [0.1, 0.15) is 0 Å². The first-order valence-corrected chi connectivity index (χ1v) is 6.93. The fraction of sp³-hybridized carbons (Fsp3) is 0.364. The molecule has 0 fully saturated rings. The van der Waals surface area contributed by atoms with E-state index in [1.807, 2.05) is 26.0 Å². The number of nitrogens with zero attached hydrogens (tertiary/aromatic N) is 1. The molecule has 5 heteroatoms. The maximum atomic E-state index is 10.1. The second-order valence-electron chi connectivity index (χ2n) is 3.61. The first-order chi connectivity index (χ1) is 7.56. The number of thiophene rings is 1. The zero-order valence-corrected chi connectivity index (χ0v) is 11.4. The Morgan fingerprint density at radius 2 is 2.12 bits per heavy atom. The van der Waals surface area contributed by atoms with Crippen molar-refractivity contribution in [3.63, 3.8) is 0 Å². The highest BCUT2D eigenvalue weighted by atomic mass is 35.5. The zero-order valence-electron chi connectivity index (χ0n) is 9.03. The van der Waals surface area contributed by atoms with Crippen LogP contribution in [-0.2, 0) is 6.42 Å². The van der Waals surface area contributed by atoms with Crippen LogP contribution < -0.4 is 0 Å². The van der Waals surface area contributed by atoms with E-state index in [9.17, 15) is 5.11 Å². The average Bonchev–Trinajstić information content (AvgIpc) is 2.73. The monoisotopic (exact) mass is 273 g/mol. The average molecular weight is 274 g/mol. The summed E-state index contributed by atoms with van der Waals surface area (Å²) in [5, 5.41) is 11.1. The van der Waals surface area contributed by atoms with Gasteiger partial charge in [0.25, 0.3) is 0 Å². The number of thiazole rings is 1. The number of rotatable bonds is 3. The Morgan fingerprint density at radius 1 is 1.38 bits per heavy atom. The van der Waals surface area contributed by atoms with Crippen molar-refractivity contribution in [2.24, 2.45) is 0 Å². The van der Waals surface area contributed by atoms with Crippen molar-refractivity contribution in [3.05, 3.63) is 36.9 Å². The summed E-state index contributed by atoms with van der Waals surface area (Å²) in [6.45, 7) is 3.89. The number of hydrogen-bond donors (Lipinski definition) is 1. The van der Waals surface area contributed by atoms with Gasteiger partial charge >= 0.3 is 0 Å². The van der Waals surface area contributed by atoms with E-state index in [-0.39, 0.29) is 0 Å². The van der Waals surface area contributed by atoms with Gasteiger partial charge in [-0.05, 0) is 26.0 Å². The summed E-state index contributed by atoms with van der Waals surface area (Å²) >= 11 is 8.92. The predicted molar refractivity (Wildman–Crippen MR) is 69.6 cm³/mol. The van der Waals surface area contributed by atoms with Crippen molar-refractivity contribution < 1.29 is 5.11 Å². The molecule has 0 spiro atoms. The van der Waals surface area contributed by atoms with Crippen LogP contribution in [0.2, 0.25) is 4.34 Å². The maximum Gasteiger partial charge on any atom is 0.0948 e. The lowest BCUT2D eigenvalue weighted by molar-refractivity contribution is 0.182. The summed E-state index contributed by atoms with van der Waals surface area (Å²) in [5.41, 5.74) is 0.928. The third-order valence-electron chi connectivity index (χ3n) is 2.27. The van der Waals surface area contributed by atoms with Crippen molar-refractivity contribution in [2.75, 3.05) is 0 Å². The summed E-state index contributed by atoms with van der Waals surface area (Å²) in [7, 11) is 0. The number of halogens is 1. The SMILES string of the molecule is Cc1nc(C)c(C(O)Cc2ccc(Cl)s2)s1. The Hall–Kier alpha value is -0.420. The van der Waals surface area contributed by atoms with Gasteiger partial charge in [-0.25, -0.2) is 4.98 Å². The summed E-state index contributed by atoms with van der Waals surface area (Å²) in [6, 6.07) is 3.82. The molecular weight excluding hydrogens is 262 g/mol. The molecule has 0 radical (unpaired) electrons. The van der Waals surface area contributed by atoms with Gasteiger partial charge in [0.05, 0.1) is 26.0 Å². The highest BCUT2D eigenvalue weighted by molar-refractivity contribution is 7.16. The summed E-state index contributed by atoms with van der Waals surface area (Å²) < 4.78 is 0.763. The molecule has 1 atom stereocenters. The number of hydrogen-bond acceptors (Lipinski definition) is 4. The minimum absolute atomic E-state index is 0.471. The number of aryl methyl sites for hydroxylation is 2. The third-order valence-corrected chi connectivity index (χ3v) is 4.69. The lowest BCUT2D eigenvalue weighted by Gasteiger charge is -2.07. The van der Waals surface area contributed by atoms with E-state index >= 15 is 0 Å². The third kappa shape index (κ3) is 2.63. The predicted octanol–water partition coefficient (Wildman–Crippen LogP) is 3.75. The molecule has 0 aromatic carbocycles. The summed E-state index contributed by atoms with van der Waals surface area (Å²) in [5.74, 6) is 0. The van der Waals surface area contributed by atoms with E-state index in [4.69, 9.17) is 11.6 Å². The van der Waals surface area contributed by atoms with Gasteiger partial charge in [-0.3, -0.25) is 0 Å². The van der Waals surface area contributed by atoms with Crippen LogP contribution in [0.25, 0.3) is 0 Å². The first kappa shape index (κ1) is 12.0. The molecular formula is C11H12ClNOS2. The van der Waals surface area contributed by atoms with E-state index in [2.05, 4.69) is 4.98 Å². The molecule has 0 amide bonds. The van der Waals surface area contributed by atoms with Crippen LogP contribution in [-0.4, -0.2) is 10.1 Å². The Morgan fingerprint density at radius 3 is 2.62 bits per heavy atom. The highest BCUT2D eigenvalue weighted by Crippen LogP contribution is 2.30. The van der Waals surface area contributed by atoms with Crippen molar-refractivity contribution in [1.29, 1.82) is 0 Å². The van der Waals surface area contributed by atoms with Crippen molar-refractivity contribution in [1.82, 2.24) is 4.98 Å². The summed E-state index contributed by atoms with van der Waals surface area (Å²) in [6.07, 6.45) is 0.140. The fourth-order valence-electron chi connectivity index (χ4n) is 1.60. The molecule has 0 aliphatic heterocycles. The minimum Gasteiger partial charge on any atom is -0.387 e. The number of aliphatic hydroxyl groups excluding tert-OH is 1. The molecule has 1 unspecified atom stereocenters. The van der Waals surface area contributed by atoms with Crippen LogP contribution in [0.3, 0.4) is 0 Å². The molecule has 2 aromatic rings. The van der Waals surface area contributed by atoms with Crippen LogP contribution >= 0.6 is 34.3 Å². The second kappa shape index (κ2) is 4.84. The standard InChI is InChI=1S/C11H12ClNOS2/c1-6-11(15-7(2)13-6)9(14)5-8-3-4-10(12)16-8/h3-4,9,14H,5H2,1-2H3. The van der Waals surface area contributed by atoms with Crippen LogP contribution in [0.5, 0.6) is 0 Å². The normalized spacial score (nSPS) is 13.0. The largest absolute Gasteiger partial charge is 0.387 e. The van der Waals surface area contributed by atoms with Crippen LogP contribution in [0.4, 0.5) is 0 Å². The van der Waals surface area contributed by atoms with E-state index in [1.165, 1.54) is 11.3 Å². The maximum absolute atomic E-state index is 10.1. The van der Waals surface area contributed by atoms with Crippen LogP contribution in [0.15, 0.2) is 12.1 Å². The van der Waals surface area contributed by atoms with Gasteiger partial charge in [0, 0.05) is 11.3 Å². The van der Waals surface area contributed by atoms with Crippen LogP contribution in [0, 0.1) is 13.8 Å². The molecule has 0 aliphatic carbocycles.